The quantitative estimate of drug-likeness (QED) is 0.390. The summed E-state index contributed by atoms with van der Waals surface area (Å²) in [6, 6.07) is 0. The first-order valence-corrected chi connectivity index (χ1v) is 5.52. The second-order valence-electron chi connectivity index (χ2n) is 3.46. The van der Waals surface area contributed by atoms with Gasteiger partial charge in [-0.25, -0.2) is 0 Å². The van der Waals surface area contributed by atoms with Crippen molar-refractivity contribution < 1.29 is 19.0 Å². The van der Waals surface area contributed by atoms with Gasteiger partial charge in [0.1, 0.15) is 11.9 Å². The highest BCUT2D eigenvalue weighted by Crippen LogP contribution is 2.10. The van der Waals surface area contributed by atoms with Crippen LogP contribution in [0.4, 0.5) is 0 Å². The predicted molar refractivity (Wildman–Crippen MR) is 61.3 cm³/mol. The van der Waals surface area contributed by atoms with Gasteiger partial charge in [0.15, 0.2) is 0 Å². The minimum Gasteiger partial charge on any atom is -0.462 e. The van der Waals surface area contributed by atoms with Gasteiger partial charge in [0, 0.05) is 7.11 Å². The van der Waals surface area contributed by atoms with E-state index in [-0.39, 0.29) is 23.7 Å². The molecule has 0 aromatic carbocycles. The fourth-order valence-corrected chi connectivity index (χ4v) is 0.878. The highest BCUT2D eigenvalue weighted by Gasteiger charge is 2.18. The van der Waals surface area contributed by atoms with Crippen LogP contribution in [0.1, 0.15) is 13.8 Å². The molecule has 0 rings (SSSR count). The molecule has 0 radical (unpaired) electrons. The lowest BCUT2D eigenvalue weighted by Gasteiger charge is -2.13. The van der Waals surface area contributed by atoms with E-state index in [9.17, 15) is 4.79 Å². The van der Waals surface area contributed by atoms with Gasteiger partial charge in [-0.05, 0) is 5.92 Å². The number of thiol groups is 1. The zero-order valence-corrected chi connectivity index (χ0v) is 10.5. The first-order chi connectivity index (χ1) is 7.09. The summed E-state index contributed by atoms with van der Waals surface area (Å²) in [6.07, 6.45) is 0. The van der Waals surface area contributed by atoms with Crippen LogP contribution in [0.3, 0.4) is 0 Å². The number of esters is 1. The molecule has 0 heterocycles. The van der Waals surface area contributed by atoms with Crippen molar-refractivity contribution in [1.82, 2.24) is 0 Å². The normalized spacial score (nSPS) is 12.9. The summed E-state index contributed by atoms with van der Waals surface area (Å²) in [6.45, 7) is 5.58. The van der Waals surface area contributed by atoms with Crippen LogP contribution in [0.2, 0.25) is 0 Å². The monoisotopic (exact) mass is 236 g/mol. The van der Waals surface area contributed by atoms with E-state index in [4.69, 9.17) is 14.2 Å². The number of hydrogen-bond donors (Lipinski definition) is 1. The van der Waals surface area contributed by atoms with Crippen LogP contribution in [-0.2, 0) is 19.0 Å². The van der Waals surface area contributed by atoms with Crippen LogP contribution in [0.5, 0.6) is 0 Å². The molecular formula is C10H20O4S. The third-order valence-corrected chi connectivity index (χ3v) is 2.58. The standard InChI is InChI=1S/C10H20O4S/c1-8(2)9(15)10(11)14-7-6-13-5-4-12-3/h8-9,15H,4-7H2,1-3H3. The van der Waals surface area contributed by atoms with Gasteiger partial charge >= 0.3 is 5.97 Å². The molecule has 0 aromatic rings. The highest BCUT2D eigenvalue weighted by atomic mass is 32.1. The molecule has 1 unspecified atom stereocenters. The summed E-state index contributed by atoms with van der Waals surface area (Å²) in [5.41, 5.74) is 0. The molecule has 90 valence electrons. The van der Waals surface area contributed by atoms with Crippen molar-refractivity contribution in [2.75, 3.05) is 33.5 Å². The first kappa shape index (κ1) is 14.7. The molecule has 0 saturated heterocycles. The topological polar surface area (TPSA) is 44.8 Å². The first-order valence-electron chi connectivity index (χ1n) is 5.01. The largest absolute Gasteiger partial charge is 0.462 e. The molecule has 15 heavy (non-hydrogen) atoms. The molecule has 4 nitrogen and oxygen atoms in total. The summed E-state index contributed by atoms with van der Waals surface area (Å²) in [5, 5.41) is -0.357. The van der Waals surface area contributed by atoms with Crippen LogP contribution < -0.4 is 0 Å². The smallest absolute Gasteiger partial charge is 0.319 e. The van der Waals surface area contributed by atoms with E-state index < -0.39 is 0 Å². The lowest BCUT2D eigenvalue weighted by Crippen LogP contribution is -2.24. The highest BCUT2D eigenvalue weighted by molar-refractivity contribution is 7.81. The van der Waals surface area contributed by atoms with Gasteiger partial charge in [-0.15, -0.1) is 0 Å². The van der Waals surface area contributed by atoms with Crippen LogP contribution in [-0.4, -0.2) is 44.8 Å². The maximum atomic E-state index is 11.3. The van der Waals surface area contributed by atoms with Gasteiger partial charge in [-0.1, -0.05) is 13.8 Å². The fourth-order valence-electron chi connectivity index (χ4n) is 0.803. The summed E-state index contributed by atoms with van der Waals surface area (Å²) < 4.78 is 14.9. The molecule has 0 spiro atoms. The van der Waals surface area contributed by atoms with Crippen LogP contribution in [0.25, 0.3) is 0 Å². The molecule has 0 amide bonds. The predicted octanol–water partition coefficient (Wildman–Crippen LogP) is 1.15. The van der Waals surface area contributed by atoms with Gasteiger partial charge in [-0.2, -0.15) is 12.6 Å². The number of hydrogen-bond acceptors (Lipinski definition) is 5. The van der Waals surface area contributed by atoms with Gasteiger partial charge in [0.05, 0.1) is 19.8 Å². The Morgan fingerprint density at radius 3 is 2.33 bits per heavy atom. The summed E-state index contributed by atoms with van der Waals surface area (Å²) >= 11 is 4.14. The van der Waals surface area contributed by atoms with Crippen molar-refractivity contribution in [2.45, 2.75) is 19.1 Å². The Hall–Kier alpha value is -0.260. The van der Waals surface area contributed by atoms with Crippen molar-refractivity contribution in [3.05, 3.63) is 0 Å². The van der Waals surface area contributed by atoms with Crippen molar-refractivity contribution in [3.63, 3.8) is 0 Å². The lowest BCUT2D eigenvalue weighted by molar-refractivity contribution is -0.145. The molecule has 0 aliphatic heterocycles. The zero-order valence-electron chi connectivity index (χ0n) is 9.56. The second-order valence-corrected chi connectivity index (χ2v) is 4.02. The van der Waals surface area contributed by atoms with Crippen LogP contribution in [0.15, 0.2) is 0 Å². The van der Waals surface area contributed by atoms with E-state index in [1.165, 1.54) is 0 Å². The van der Waals surface area contributed by atoms with E-state index in [1.54, 1.807) is 7.11 Å². The molecule has 0 bridgehead atoms. The number of ether oxygens (including phenoxy) is 3. The summed E-state index contributed by atoms with van der Waals surface area (Å²) in [7, 11) is 1.61. The van der Waals surface area contributed by atoms with Gasteiger partial charge in [0.2, 0.25) is 0 Å². The molecule has 0 saturated carbocycles. The molecule has 0 aromatic heterocycles. The maximum absolute atomic E-state index is 11.3. The zero-order chi connectivity index (χ0) is 11.7. The molecule has 0 aliphatic carbocycles. The Kier molecular flexibility index (Phi) is 8.85. The average Bonchev–Trinajstić information content (AvgIpc) is 2.21. The third kappa shape index (κ3) is 7.64. The Labute approximate surface area is 96.7 Å². The van der Waals surface area contributed by atoms with Crippen LogP contribution >= 0.6 is 12.6 Å². The Bertz CT molecular complexity index is 173. The minimum atomic E-state index is -0.357. The van der Waals surface area contributed by atoms with Crippen molar-refractivity contribution >= 4 is 18.6 Å². The molecule has 1 atom stereocenters. The SMILES string of the molecule is COCCOCCOC(=O)C(S)C(C)C. The summed E-state index contributed by atoms with van der Waals surface area (Å²) in [4.78, 5) is 11.3. The summed E-state index contributed by atoms with van der Waals surface area (Å²) in [5.74, 6) is -0.112. The Balaban J connectivity index is 3.39. The number of rotatable bonds is 8. The van der Waals surface area contributed by atoms with E-state index in [0.717, 1.165) is 0 Å². The maximum Gasteiger partial charge on any atom is 0.319 e. The minimum absolute atomic E-state index is 0.176. The van der Waals surface area contributed by atoms with E-state index in [1.807, 2.05) is 13.8 Å². The molecule has 0 aliphatic rings. The Morgan fingerprint density at radius 1 is 1.20 bits per heavy atom. The number of carbonyl (C=O) groups excluding carboxylic acids is 1. The number of methoxy groups -OCH3 is 1. The third-order valence-electron chi connectivity index (χ3n) is 1.78. The molecular weight excluding hydrogens is 216 g/mol. The van der Waals surface area contributed by atoms with Crippen LogP contribution in [0, 0.1) is 5.92 Å². The molecule has 0 fully saturated rings. The van der Waals surface area contributed by atoms with E-state index in [2.05, 4.69) is 12.6 Å². The van der Waals surface area contributed by atoms with Gasteiger partial charge in [0.25, 0.3) is 0 Å². The Morgan fingerprint density at radius 2 is 1.80 bits per heavy atom. The lowest BCUT2D eigenvalue weighted by atomic mass is 10.1. The van der Waals surface area contributed by atoms with E-state index in [0.29, 0.717) is 19.8 Å². The molecule has 0 N–H and O–H groups in total. The van der Waals surface area contributed by atoms with Crippen molar-refractivity contribution in [1.29, 1.82) is 0 Å². The second kappa shape index (κ2) is 9.00. The van der Waals surface area contributed by atoms with Crippen molar-refractivity contribution in [2.24, 2.45) is 5.92 Å². The van der Waals surface area contributed by atoms with Crippen molar-refractivity contribution in [3.8, 4) is 0 Å². The average molecular weight is 236 g/mol. The van der Waals surface area contributed by atoms with Gasteiger partial charge in [-0.3, -0.25) is 4.79 Å². The van der Waals surface area contributed by atoms with Gasteiger partial charge < -0.3 is 14.2 Å². The van der Waals surface area contributed by atoms with E-state index >= 15 is 0 Å². The fraction of sp³-hybridized carbons (Fsp3) is 0.900. The number of carbonyl (C=O) groups is 1. The molecule has 5 heteroatoms.